The monoisotopic (exact) mass is 714 g/mol. The van der Waals surface area contributed by atoms with Gasteiger partial charge in [-0.3, -0.25) is 9.98 Å². The van der Waals surface area contributed by atoms with Crippen molar-refractivity contribution in [3.05, 3.63) is 166 Å². The molecule has 0 aliphatic carbocycles. The number of hydrogen-bond donors (Lipinski definition) is 3. The Hall–Kier alpha value is -6.89. The number of benzene rings is 4. The van der Waals surface area contributed by atoms with E-state index < -0.39 is 18.2 Å². The summed E-state index contributed by atoms with van der Waals surface area (Å²) in [7, 11) is 0. The summed E-state index contributed by atoms with van der Waals surface area (Å²) in [5.41, 5.74) is 10.8. The minimum absolute atomic E-state index is 0.151. The van der Waals surface area contributed by atoms with Crippen LogP contribution in [0.1, 0.15) is 56.6 Å². The van der Waals surface area contributed by atoms with E-state index in [9.17, 15) is 15.0 Å². The first kappa shape index (κ1) is 35.5. The number of carboxylic acid groups (broad SMARTS) is 1. The molecule has 2 aliphatic heterocycles. The average molecular weight is 715 g/mol. The number of aliphatic imine (C=N–C) groups is 2. The van der Waals surface area contributed by atoms with Crippen LogP contribution in [0.3, 0.4) is 0 Å². The topological polar surface area (TPSA) is 147 Å². The predicted octanol–water partition coefficient (Wildman–Crippen LogP) is 4.90. The molecule has 0 saturated heterocycles. The van der Waals surface area contributed by atoms with E-state index in [2.05, 4.69) is 38.5 Å². The molecule has 4 heterocycles. The second-order valence-electron chi connectivity index (χ2n) is 12.3. The van der Waals surface area contributed by atoms with Crippen molar-refractivity contribution >= 4 is 17.4 Å². The molecule has 0 amide bonds. The third-order valence-corrected chi connectivity index (χ3v) is 9.05. The first-order valence-electron chi connectivity index (χ1n) is 17.0. The summed E-state index contributed by atoms with van der Waals surface area (Å²) < 4.78 is 9.35. The summed E-state index contributed by atoms with van der Waals surface area (Å²) in [5, 5.41) is 28.7. The lowest BCUT2D eigenvalue weighted by molar-refractivity contribution is -0.157. The van der Waals surface area contributed by atoms with Crippen LogP contribution in [-0.4, -0.2) is 71.1 Å². The van der Waals surface area contributed by atoms with Crippen LogP contribution >= 0.6 is 0 Å². The minimum Gasteiger partial charge on any atom is -0.479 e. The SMILES string of the molecule is C#Cc1ccc2c(c1)C(c1ccccc1)=NCc1c(C(OCCO)C(O)C(=O)O)ncn1-2.C#Cc1ccc2c(c1)C(c1ccccc1)=NCc1cncn1-2. The van der Waals surface area contributed by atoms with Crippen molar-refractivity contribution in [2.75, 3.05) is 13.2 Å². The number of aliphatic carboxylic acids is 1. The Balaban J connectivity index is 0.000000178. The number of aromatic nitrogens is 4. The van der Waals surface area contributed by atoms with Crippen LogP contribution < -0.4 is 0 Å². The van der Waals surface area contributed by atoms with Gasteiger partial charge in [-0.2, -0.15) is 0 Å². The van der Waals surface area contributed by atoms with Crippen LogP contribution in [0.15, 0.2) is 126 Å². The maximum absolute atomic E-state index is 11.5. The summed E-state index contributed by atoms with van der Waals surface area (Å²) in [6, 6.07) is 31.4. The van der Waals surface area contributed by atoms with Crippen molar-refractivity contribution in [3.8, 4) is 36.1 Å². The van der Waals surface area contributed by atoms with E-state index in [4.69, 9.17) is 32.7 Å². The molecule has 0 spiro atoms. The van der Waals surface area contributed by atoms with E-state index in [1.54, 1.807) is 10.9 Å². The molecule has 11 heteroatoms. The van der Waals surface area contributed by atoms with Gasteiger partial charge in [-0.15, -0.1) is 12.8 Å². The molecule has 11 nitrogen and oxygen atoms in total. The highest BCUT2D eigenvalue weighted by Gasteiger charge is 2.34. The van der Waals surface area contributed by atoms with E-state index in [0.717, 1.165) is 56.3 Å². The number of aliphatic hydroxyl groups is 2. The lowest BCUT2D eigenvalue weighted by Crippen LogP contribution is -2.31. The minimum atomic E-state index is -1.86. The third-order valence-electron chi connectivity index (χ3n) is 9.05. The van der Waals surface area contributed by atoms with Crippen molar-refractivity contribution < 1.29 is 24.9 Å². The van der Waals surface area contributed by atoms with Gasteiger partial charge in [0, 0.05) is 33.4 Å². The average Bonchev–Trinajstić information content (AvgIpc) is 3.78. The van der Waals surface area contributed by atoms with Gasteiger partial charge in [0.25, 0.3) is 0 Å². The van der Waals surface area contributed by atoms with Gasteiger partial charge in [0.2, 0.25) is 0 Å². The van der Waals surface area contributed by atoms with E-state index >= 15 is 0 Å². The number of carboxylic acids is 1. The van der Waals surface area contributed by atoms with Crippen LogP contribution in [0.2, 0.25) is 0 Å². The van der Waals surface area contributed by atoms with Gasteiger partial charge >= 0.3 is 5.97 Å². The molecule has 2 unspecified atom stereocenters. The molecule has 6 aromatic rings. The summed E-state index contributed by atoms with van der Waals surface area (Å²) in [5.74, 6) is 3.90. The van der Waals surface area contributed by atoms with E-state index in [1.165, 1.54) is 0 Å². The van der Waals surface area contributed by atoms with Crippen LogP contribution in [0.4, 0.5) is 0 Å². The number of imidazole rings is 2. The largest absolute Gasteiger partial charge is 0.479 e. The Labute approximate surface area is 311 Å². The van der Waals surface area contributed by atoms with Crippen molar-refractivity contribution in [3.63, 3.8) is 0 Å². The van der Waals surface area contributed by atoms with Crippen molar-refractivity contribution in [2.45, 2.75) is 25.3 Å². The Morgan fingerprint density at radius 2 is 1.37 bits per heavy atom. The Morgan fingerprint density at radius 1 is 0.796 bits per heavy atom. The van der Waals surface area contributed by atoms with E-state index in [0.29, 0.717) is 17.8 Å². The van der Waals surface area contributed by atoms with Crippen LogP contribution in [-0.2, 0) is 22.6 Å². The first-order chi connectivity index (χ1) is 26.4. The van der Waals surface area contributed by atoms with Crippen molar-refractivity contribution in [1.82, 2.24) is 19.1 Å². The highest BCUT2D eigenvalue weighted by molar-refractivity contribution is 6.16. The fraction of sp³-hybridized carbons (Fsp3) is 0.140. The molecule has 3 N–H and O–H groups in total. The van der Waals surface area contributed by atoms with Crippen LogP contribution in [0.25, 0.3) is 11.4 Å². The summed E-state index contributed by atoms with van der Waals surface area (Å²) >= 11 is 0. The smallest absolute Gasteiger partial charge is 0.335 e. The van der Waals surface area contributed by atoms with Gasteiger partial charge in [-0.1, -0.05) is 72.5 Å². The molecule has 54 heavy (non-hydrogen) atoms. The number of terminal acetylenes is 2. The molecule has 0 saturated carbocycles. The summed E-state index contributed by atoms with van der Waals surface area (Å²) in [6.45, 7) is 0.296. The number of carbonyl (C=O) groups is 1. The molecule has 2 aromatic heterocycles. The number of rotatable bonds is 8. The highest BCUT2D eigenvalue weighted by atomic mass is 16.5. The fourth-order valence-electron chi connectivity index (χ4n) is 6.50. The van der Waals surface area contributed by atoms with Gasteiger partial charge in [-0.05, 0) is 36.4 Å². The van der Waals surface area contributed by atoms with Crippen LogP contribution in [0, 0.1) is 24.7 Å². The Kier molecular flexibility index (Phi) is 10.4. The lowest BCUT2D eigenvalue weighted by Gasteiger charge is -2.20. The normalized spacial score (nSPS) is 13.6. The molecule has 8 rings (SSSR count). The summed E-state index contributed by atoms with van der Waals surface area (Å²) in [6.07, 6.45) is 13.3. The van der Waals surface area contributed by atoms with Gasteiger partial charge in [0.05, 0.1) is 85.0 Å². The Bertz CT molecular complexity index is 2470. The third kappa shape index (κ3) is 6.98. The number of ether oxygens (including phenoxy) is 1. The number of aliphatic hydroxyl groups excluding tert-OH is 2. The molecule has 266 valence electrons. The zero-order valence-electron chi connectivity index (χ0n) is 28.9. The molecule has 2 aliphatic rings. The molecule has 4 aromatic carbocycles. The molecule has 2 atom stereocenters. The number of hydrogen-bond acceptors (Lipinski definition) is 8. The van der Waals surface area contributed by atoms with Crippen molar-refractivity contribution in [2.24, 2.45) is 9.98 Å². The highest BCUT2D eigenvalue weighted by Crippen LogP contribution is 2.32. The Morgan fingerprint density at radius 3 is 1.93 bits per heavy atom. The second kappa shape index (κ2) is 15.8. The van der Waals surface area contributed by atoms with Gasteiger partial charge in [-0.25, -0.2) is 14.8 Å². The standard InChI is InChI=1S/C24H21N3O5.C19H13N3/c1-2-15-8-9-18-17(12-15)20(16-6-4-3-5-7-16)25-13-19-21(26-14-27(18)19)23(32-11-10-28)22(29)24(30)31;1-2-14-8-9-18-17(10-14)19(15-6-4-3-5-7-15)21-12-16-11-20-13-22(16)18/h1,3-9,12,14,22-23,28-29H,10-11,13H2,(H,30,31);1,3-11,13H,12H2. The van der Waals surface area contributed by atoms with Crippen LogP contribution in [0.5, 0.6) is 0 Å². The van der Waals surface area contributed by atoms with E-state index in [1.807, 2.05) is 97.5 Å². The van der Waals surface area contributed by atoms with Gasteiger partial charge < -0.3 is 29.2 Å². The molecule has 0 bridgehead atoms. The quantitative estimate of drug-likeness (QED) is 0.190. The predicted molar refractivity (Wildman–Crippen MR) is 204 cm³/mol. The molecule has 0 radical (unpaired) electrons. The zero-order valence-corrected chi connectivity index (χ0v) is 28.9. The fourth-order valence-corrected chi connectivity index (χ4v) is 6.50. The number of fused-ring (bicyclic) bond motifs is 6. The maximum Gasteiger partial charge on any atom is 0.335 e. The summed E-state index contributed by atoms with van der Waals surface area (Å²) in [4.78, 5) is 29.7. The van der Waals surface area contributed by atoms with E-state index in [-0.39, 0.29) is 25.5 Å². The zero-order chi connectivity index (χ0) is 37.6. The van der Waals surface area contributed by atoms with Gasteiger partial charge in [0.1, 0.15) is 6.10 Å². The lowest BCUT2D eigenvalue weighted by atomic mass is 9.98. The second-order valence-corrected chi connectivity index (χ2v) is 12.3. The molecular formula is C43H34N6O5. The van der Waals surface area contributed by atoms with Crippen molar-refractivity contribution in [1.29, 1.82) is 0 Å². The number of nitrogens with zero attached hydrogens (tertiary/aromatic N) is 6. The maximum atomic E-state index is 11.5. The molecule has 0 fully saturated rings. The van der Waals surface area contributed by atoms with Gasteiger partial charge in [0.15, 0.2) is 6.10 Å². The first-order valence-corrected chi connectivity index (χ1v) is 17.0. The molecular weight excluding hydrogens is 681 g/mol.